The number of nitrogens with two attached hydrogens (primary N) is 1. The number of unbranched alkanes of at least 4 members (excludes halogenated alkanes) is 2. The Labute approximate surface area is 92.2 Å². The molecule has 3 N–H and O–H groups in total. The fourth-order valence-corrected chi connectivity index (χ4v) is 1.96. The summed E-state index contributed by atoms with van der Waals surface area (Å²) in [7, 11) is 0. The highest BCUT2D eigenvalue weighted by Crippen LogP contribution is 2.18. The standard InChI is InChI=1S/C11H23N3O/c1-11(2)10(15)13-7-9-14(11)8-5-3-4-6-12/h3-9,12H2,1-2H3,(H,13,15). The molecule has 15 heavy (non-hydrogen) atoms. The molecule has 1 heterocycles. The van der Waals surface area contributed by atoms with Crippen LogP contribution in [0.3, 0.4) is 0 Å². The molecule has 0 radical (unpaired) electrons. The Kier molecular flexibility index (Phi) is 4.54. The van der Waals surface area contributed by atoms with Crippen molar-refractivity contribution in [3.05, 3.63) is 0 Å². The van der Waals surface area contributed by atoms with Gasteiger partial charge in [-0.2, -0.15) is 0 Å². The van der Waals surface area contributed by atoms with Gasteiger partial charge in [0.25, 0.3) is 0 Å². The predicted octanol–water partition coefficient (Wildman–Crippen LogP) is 0.326. The minimum atomic E-state index is -0.346. The van der Waals surface area contributed by atoms with Gasteiger partial charge in [-0.05, 0) is 39.8 Å². The molecule has 1 amide bonds. The van der Waals surface area contributed by atoms with Crippen molar-refractivity contribution >= 4 is 5.91 Å². The molecule has 1 fully saturated rings. The summed E-state index contributed by atoms with van der Waals surface area (Å²) < 4.78 is 0. The van der Waals surface area contributed by atoms with E-state index < -0.39 is 0 Å². The van der Waals surface area contributed by atoms with Gasteiger partial charge in [-0.25, -0.2) is 0 Å². The normalized spacial score (nSPS) is 21.4. The molecule has 0 unspecified atom stereocenters. The molecule has 0 bridgehead atoms. The Balaban J connectivity index is 2.36. The monoisotopic (exact) mass is 213 g/mol. The second-order valence-electron chi connectivity index (χ2n) is 4.65. The maximum atomic E-state index is 11.6. The highest BCUT2D eigenvalue weighted by atomic mass is 16.2. The molecule has 4 nitrogen and oxygen atoms in total. The van der Waals surface area contributed by atoms with Gasteiger partial charge in [0, 0.05) is 13.1 Å². The van der Waals surface area contributed by atoms with Gasteiger partial charge in [0.05, 0.1) is 5.54 Å². The molecule has 0 atom stereocenters. The highest BCUT2D eigenvalue weighted by Gasteiger charge is 2.36. The molecule has 0 aliphatic carbocycles. The zero-order valence-electron chi connectivity index (χ0n) is 9.88. The number of hydrogen-bond donors (Lipinski definition) is 2. The average Bonchev–Trinajstić information content (AvgIpc) is 2.19. The number of rotatable bonds is 5. The Hall–Kier alpha value is -0.610. The third-order valence-electron chi connectivity index (χ3n) is 3.15. The summed E-state index contributed by atoms with van der Waals surface area (Å²) >= 11 is 0. The van der Waals surface area contributed by atoms with Crippen molar-refractivity contribution in [1.29, 1.82) is 0 Å². The van der Waals surface area contributed by atoms with E-state index in [1.807, 2.05) is 13.8 Å². The SMILES string of the molecule is CC1(C)C(=O)NCCN1CCCCCN. The number of carbonyl (C=O) groups is 1. The van der Waals surface area contributed by atoms with Crippen LogP contribution in [-0.4, -0.2) is 42.5 Å². The molecule has 1 aliphatic heterocycles. The number of piperazine rings is 1. The summed E-state index contributed by atoms with van der Waals surface area (Å²) in [6.07, 6.45) is 3.37. The van der Waals surface area contributed by atoms with Crippen LogP contribution in [0.5, 0.6) is 0 Å². The van der Waals surface area contributed by atoms with Gasteiger partial charge in [0.15, 0.2) is 0 Å². The number of amides is 1. The molecule has 1 rings (SSSR count). The Morgan fingerprint density at radius 3 is 2.80 bits per heavy atom. The average molecular weight is 213 g/mol. The summed E-state index contributed by atoms with van der Waals surface area (Å²) in [6, 6.07) is 0. The Morgan fingerprint density at radius 2 is 2.13 bits per heavy atom. The summed E-state index contributed by atoms with van der Waals surface area (Å²) in [5.74, 6) is 0.146. The largest absolute Gasteiger partial charge is 0.353 e. The zero-order valence-corrected chi connectivity index (χ0v) is 9.88. The second kappa shape index (κ2) is 5.47. The Morgan fingerprint density at radius 1 is 1.40 bits per heavy atom. The fraction of sp³-hybridized carbons (Fsp3) is 0.909. The molecule has 1 saturated heterocycles. The summed E-state index contributed by atoms with van der Waals surface area (Å²) in [5, 5.41) is 2.90. The van der Waals surface area contributed by atoms with E-state index in [9.17, 15) is 4.79 Å². The van der Waals surface area contributed by atoms with Crippen LogP contribution in [0, 0.1) is 0 Å². The number of carbonyl (C=O) groups excluding carboxylic acids is 1. The lowest BCUT2D eigenvalue weighted by atomic mass is 9.98. The van der Waals surface area contributed by atoms with Crippen LogP contribution in [0.25, 0.3) is 0 Å². The van der Waals surface area contributed by atoms with Crippen LogP contribution < -0.4 is 11.1 Å². The van der Waals surface area contributed by atoms with E-state index in [0.717, 1.165) is 45.4 Å². The van der Waals surface area contributed by atoms with Crippen molar-refractivity contribution in [3.63, 3.8) is 0 Å². The van der Waals surface area contributed by atoms with Crippen LogP contribution in [0.1, 0.15) is 33.1 Å². The van der Waals surface area contributed by atoms with E-state index in [1.165, 1.54) is 0 Å². The minimum Gasteiger partial charge on any atom is -0.353 e. The molecular formula is C11H23N3O. The van der Waals surface area contributed by atoms with Crippen LogP contribution in [-0.2, 0) is 4.79 Å². The van der Waals surface area contributed by atoms with Gasteiger partial charge in [-0.15, -0.1) is 0 Å². The van der Waals surface area contributed by atoms with Crippen molar-refractivity contribution < 1.29 is 4.79 Å². The van der Waals surface area contributed by atoms with Gasteiger partial charge in [0.2, 0.25) is 5.91 Å². The number of hydrogen-bond acceptors (Lipinski definition) is 3. The molecule has 1 aliphatic rings. The topological polar surface area (TPSA) is 58.4 Å². The Bertz CT molecular complexity index is 216. The molecule has 0 aromatic carbocycles. The molecule has 0 saturated carbocycles. The van der Waals surface area contributed by atoms with Gasteiger partial charge in [-0.1, -0.05) is 6.42 Å². The van der Waals surface area contributed by atoms with Gasteiger partial charge >= 0.3 is 0 Å². The molecule has 0 spiro atoms. The molecular weight excluding hydrogens is 190 g/mol. The van der Waals surface area contributed by atoms with Crippen LogP contribution in [0.2, 0.25) is 0 Å². The zero-order chi connectivity index (χ0) is 11.3. The van der Waals surface area contributed by atoms with Gasteiger partial charge in [-0.3, -0.25) is 9.69 Å². The van der Waals surface area contributed by atoms with Crippen molar-refractivity contribution in [2.45, 2.75) is 38.6 Å². The number of nitrogens with one attached hydrogen (secondary N) is 1. The lowest BCUT2D eigenvalue weighted by molar-refractivity contribution is -0.135. The van der Waals surface area contributed by atoms with Crippen molar-refractivity contribution in [2.24, 2.45) is 5.73 Å². The summed E-state index contributed by atoms with van der Waals surface area (Å²) in [5.41, 5.74) is 5.10. The van der Waals surface area contributed by atoms with E-state index >= 15 is 0 Å². The predicted molar refractivity (Wildman–Crippen MR) is 61.6 cm³/mol. The first-order valence-electron chi connectivity index (χ1n) is 5.82. The van der Waals surface area contributed by atoms with E-state index in [1.54, 1.807) is 0 Å². The first kappa shape index (κ1) is 12.5. The lowest BCUT2D eigenvalue weighted by Crippen LogP contribution is -2.61. The van der Waals surface area contributed by atoms with E-state index in [-0.39, 0.29) is 11.4 Å². The quantitative estimate of drug-likeness (QED) is 0.647. The van der Waals surface area contributed by atoms with Gasteiger partial charge in [0.1, 0.15) is 0 Å². The molecule has 88 valence electrons. The van der Waals surface area contributed by atoms with Crippen LogP contribution in [0.4, 0.5) is 0 Å². The first-order valence-corrected chi connectivity index (χ1v) is 5.82. The van der Waals surface area contributed by atoms with E-state index in [0.29, 0.717) is 0 Å². The smallest absolute Gasteiger partial charge is 0.239 e. The van der Waals surface area contributed by atoms with Crippen LogP contribution >= 0.6 is 0 Å². The first-order chi connectivity index (χ1) is 7.09. The number of nitrogens with zero attached hydrogens (tertiary/aromatic N) is 1. The third kappa shape index (κ3) is 3.18. The lowest BCUT2D eigenvalue weighted by Gasteiger charge is -2.41. The fourth-order valence-electron chi connectivity index (χ4n) is 1.96. The summed E-state index contributed by atoms with van der Waals surface area (Å²) in [4.78, 5) is 13.9. The highest BCUT2D eigenvalue weighted by molar-refractivity contribution is 5.86. The minimum absolute atomic E-state index is 0.146. The van der Waals surface area contributed by atoms with Crippen molar-refractivity contribution in [1.82, 2.24) is 10.2 Å². The van der Waals surface area contributed by atoms with Crippen molar-refractivity contribution in [3.8, 4) is 0 Å². The molecule has 4 heteroatoms. The molecule has 0 aromatic heterocycles. The maximum absolute atomic E-state index is 11.6. The van der Waals surface area contributed by atoms with E-state index in [2.05, 4.69) is 10.2 Å². The summed E-state index contributed by atoms with van der Waals surface area (Å²) in [6.45, 7) is 7.49. The maximum Gasteiger partial charge on any atom is 0.239 e. The van der Waals surface area contributed by atoms with Crippen LogP contribution in [0.15, 0.2) is 0 Å². The molecule has 0 aromatic rings. The third-order valence-corrected chi connectivity index (χ3v) is 3.15. The van der Waals surface area contributed by atoms with Gasteiger partial charge < -0.3 is 11.1 Å². The van der Waals surface area contributed by atoms with E-state index in [4.69, 9.17) is 5.73 Å². The second-order valence-corrected chi connectivity index (χ2v) is 4.65. The van der Waals surface area contributed by atoms with Crippen molar-refractivity contribution in [2.75, 3.05) is 26.2 Å².